The Bertz CT molecular complexity index is 636. The van der Waals surface area contributed by atoms with Gasteiger partial charge in [0.15, 0.2) is 0 Å². The number of aliphatic carboxylic acids is 1. The van der Waals surface area contributed by atoms with Crippen LogP contribution in [0.5, 0.6) is 5.75 Å². The van der Waals surface area contributed by atoms with Crippen molar-refractivity contribution >= 4 is 23.4 Å². The van der Waals surface area contributed by atoms with Crippen LogP contribution in [-0.2, 0) is 33.3 Å². The Labute approximate surface area is 168 Å². The monoisotopic (exact) mass is 413 g/mol. The molecule has 29 heavy (non-hydrogen) atoms. The molecule has 0 amide bonds. The lowest BCUT2D eigenvalue weighted by Gasteiger charge is -2.09. The van der Waals surface area contributed by atoms with Gasteiger partial charge in [0.25, 0.3) is 0 Å². The topological polar surface area (TPSA) is 144 Å². The van der Waals surface area contributed by atoms with Crippen LogP contribution in [0.2, 0.25) is 0 Å². The molecule has 0 aromatic heterocycles. The number of carbonyl (C=O) groups excluding carboxylic acids is 2. The van der Waals surface area contributed by atoms with Gasteiger partial charge in [-0.05, 0) is 12.1 Å². The number of para-hydroxylation sites is 2. The Morgan fingerprint density at radius 2 is 1.34 bits per heavy atom. The molecule has 0 heterocycles. The standard InChI is InChI=1S/C19H27NO9/c20-15-3-1-2-4-17(15)28-13-11-26-9-7-25-8-10-27-12-14-29-18(22)6-5-16(21)19(23)24/h1-4H,5-14,20H2,(H,23,24). The largest absolute Gasteiger partial charge is 0.489 e. The van der Waals surface area contributed by atoms with E-state index in [2.05, 4.69) is 0 Å². The molecule has 162 valence electrons. The molecule has 3 N–H and O–H groups in total. The van der Waals surface area contributed by atoms with Crippen molar-refractivity contribution in [2.75, 3.05) is 58.6 Å². The number of ketones is 1. The summed E-state index contributed by atoms with van der Waals surface area (Å²) >= 11 is 0. The Morgan fingerprint density at radius 3 is 1.93 bits per heavy atom. The normalized spacial score (nSPS) is 10.5. The van der Waals surface area contributed by atoms with Gasteiger partial charge in [0.1, 0.15) is 19.0 Å². The van der Waals surface area contributed by atoms with E-state index in [9.17, 15) is 14.4 Å². The zero-order chi connectivity index (χ0) is 21.3. The van der Waals surface area contributed by atoms with Crippen LogP contribution in [0.3, 0.4) is 0 Å². The summed E-state index contributed by atoms with van der Waals surface area (Å²) in [5.74, 6) is -2.59. The zero-order valence-corrected chi connectivity index (χ0v) is 16.2. The third-order valence-corrected chi connectivity index (χ3v) is 3.43. The molecule has 0 radical (unpaired) electrons. The van der Waals surface area contributed by atoms with Gasteiger partial charge in [-0.15, -0.1) is 0 Å². The van der Waals surface area contributed by atoms with Gasteiger partial charge in [0.05, 0.1) is 51.7 Å². The van der Waals surface area contributed by atoms with Crippen molar-refractivity contribution in [1.29, 1.82) is 0 Å². The highest BCUT2D eigenvalue weighted by atomic mass is 16.6. The van der Waals surface area contributed by atoms with E-state index < -0.39 is 17.7 Å². The zero-order valence-electron chi connectivity index (χ0n) is 16.2. The van der Waals surface area contributed by atoms with Crippen LogP contribution in [0.15, 0.2) is 24.3 Å². The van der Waals surface area contributed by atoms with Crippen molar-refractivity contribution in [2.45, 2.75) is 12.8 Å². The lowest BCUT2D eigenvalue weighted by atomic mass is 10.2. The minimum atomic E-state index is -1.56. The van der Waals surface area contributed by atoms with Gasteiger partial charge in [-0.2, -0.15) is 0 Å². The smallest absolute Gasteiger partial charge is 0.372 e. The molecular weight excluding hydrogens is 386 g/mol. The van der Waals surface area contributed by atoms with Crippen LogP contribution >= 0.6 is 0 Å². The Morgan fingerprint density at radius 1 is 0.793 bits per heavy atom. The number of carbonyl (C=O) groups is 3. The van der Waals surface area contributed by atoms with E-state index in [1.807, 2.05) is 12.1 Å². The molecule has 0 aliphatic heterocycles. The van der Waals surface area contributed by atoms with Crippen LogP contribution in [0, 0.1) is 0 Å². The second kappa shape index (κ2) is 15.3. The molecular formula is C19H27NO9. The molecule has 0 aliphatic rings. The molecule has 1 aromatic carbocycles. The predicted molar refractivity (Wildman–Crippen MR) is 102 cm³/mol. The van der Waals surface area contributed by atoms with E-state index in [-0.39, 0.29) is 26.1 Å². The number of esters is 1. The van der Waals surface area contributed by atoms with E-state index >= 15 is 0 Å². The van der Waals surface area contributed by atoms with Gasteiger partial charge < -0.3 is 34.5 Å². The first-order valence-corrected chi connectivity index (χ1v) is 9.13. The van der Waals surface area contributed by atoms with Crippen LogP contribution in [-0.4, -0.2) is 75.7 Å². The van der Waals surface area contributed by atoms with Gasteiger partial charge in [-0.1, -0.05) is 12.1 Å². The molecule has 0 atom stereocenters. The maximum atomic E-state index is 11.3. The summed E-state index contributed by atoms with van der Waals surface area (Å²) in [6.07, 6.45) is -0.643. The number of hydrogen-bond donors (Lipinski definition) is 2. The molecule has 0 spiro atoms. The Balaban J connectivity index is 1.83. The number of carboxylic acid groups (broad SMARTS) is 1. The van der Waals surface area contributed by atoms with E-state index in [4.69, 9.17) is 34.5 Å². The molecule has 1 aromatic rings. The Kier molecular flexibility index (Phi) is 12.8. The first kappa shape index (κ1) is 24.3. The SMILES string of the molecule is Nc1ccccc1OCCOCCOCCOCCOC(=O)CCC(=O)C(=O)O. The van der Waals surface area contributed by atoms with Crippen LogP contribution in [0.4, 0.5) is 5.69 Å². The number of nitrogens with two attached hydrogens (primary N) is 1. The number of benzene rings is 1. The molecule has 0 bridgehead atoms. The summed E-state index contributed by atoms with van der Waals surface area (Å²) in [5.41, 5.74) is 6.34. The van der Waals surface area contributed by atoms with E-state index in [0.29, 0.717) is 51.1 Å². The average molecular weight is 413 g/mol. The number of ether oxygens (including phenoxy) is 5. The van der Waals surface area contributed by atoms with Crippen molar-refractivity contribution in [2.24, 2.45) is 0 Å². The van der Waals surface area contributed by atoms with Crippen LogP contribution in [0.25, 0.3) is 0 Å². The van der Waals surface area contributed by atoms with Gasteiger partial charge in [0.2, 0.25) is 5.78 Å². The molecule has 10 nitrogen and oxygen atoms in total. The average Bonchev–Trinajstić information content (AvgIpc) is 2.70. The number of Topliss-reactive ketones (excluding diaryl/α,β-unsaturated/α-hetero) is 1. The summed E-state index contributed by atoms with van der Waals surface area (Å²) in [5, 5.41) is 8.38. The molecule has 0 unspecified atom stereocenters. The molecule has 0 aliphatic carbocycles. The van der Waals surface area contributed by atoms with Gasteiger partial charge in [-0.25, -0.2) is 4.79 Å². The quantitative estimate of drug-likeness (QED) is 0.162. The number of hydrogen-bond acceptors (Lipinski definition) is 9. The fourth-order valence-electron chi connectivity index (χ4n) is 1.97. The maximum Gasteiger partial charge on any atom is 0.372 e. The molecule has 10 heteroatoms. The molecule has 0 fully saturated rings. The highest BCUT2D eigenvalue weighted by Gasteiger charge is 2.14. The maximum absolute atomic E-state index is 11.3. The van der Waals surface area contributed by atoms with Crippen molar-refractivity contribution in [1.82, 2.24) is 0 Å². The number of nitrogen functional groups attached to an aromatic ring is 1. The van der Waals surface area contributed by atoms with Crippen LogP contribution in [0.1, 0.15) is 12.8 Å². The second-order valence-electron chi connectivity index (χ2n) is 5.67. The Hall–Kier alpha value is -2.69. The molecule has 0 saturated carbocycles. The van der Waals surface area contributed by atoms with Gasteiger partial charge >= 0.3 is 11.9 Å². The fourth-order valence-corrected chi connectivity index (χ4v) is 1.97. The molecule has 1 rings (SSSR count). The number of rotatable bonds is 17. The summed E-state index contributed by atoms with van der Waals surface area (Å²) in [6, 6.07) is 7.23. The van der Waals surface area contributed by atoms with Crippen molar-refractivity contribution in [3.05, 3.63) is 24.3 Å². The first-order chi connectivity index (χ1) is 14.0. The van der Waals surface area contributed by atoms with E-state index in [1.165, 1.54) is 0 Å². The highest BCUT2D eigenvalue weighted by Crippen LogP contribution is 2.19. The van der Waals surface area contributed by atoms with E-state index in [1.54, 1.807) is 12.1 Å². The van der Waals surface area contributed by atoms with Gasteiger partial charge in [0, 0.05) is 6.42 Å². The lowest BCUT2D eigenvalue weighted by molar-refractivity contribution is -0.151. The van der Waals surface area contributed by atoms with E-state index in [0.717, 1.165) is 0 Å². The summed E-state index contributed by atoms with van der Waals surface area (Å²) < 4.78 is 26.2. The number of anilines is 1. The summed E-state index contributed by atoms with van der Waals surface area (Å²) in [6.45, 7) is 2.52. The van der Waals surface area contributed by atoms with Crippen molar-refractivity contribution < 1.29 is 43.2 Å². The lowest BCUT2D eigenvalue weighted by Crippen LogP contribution is -2.17. The first-order valence-electron chi connectivity index (χ1n) is 9.13. The highest BCUT2D eigenvalue weighted by molar-refractivity contribution is 6.32. The minimum Gasteiger partial charge on any atom is -0.489 e. The van der Waals surface area contributed by atoms with Crippen LogP contribution < -0.4 is 10.5 Å². The summed E-state index contributed by atoms with van der Waals surface area (Å²) in [7, 11) is 0. The van der Waals surface area contributed by atoms with Crippen molar-refractivity contribution in [3.8, 4) is 5.75 Å². The fraction of sp³-hybridized carbons (Fsp3) is 0.526. The van der Waals surface area contributed by atoms with Crippen molar-refractivity contribution in [3.63, 3.8) is 0 Å². The van der Waals surface area contributed by atoms with Gasteiger partial charge in [-0.3, -0.25) is 9.59 Å². The summed E-state index contributed by atoms with van der Waals surface area (Å²) in [4.78, 5) is 32.4. The minimum absolute atomic E-state index is 0.0230. The third-order valence-electron chi connectivity index (χ3n) is 3.43. The predicted octanol–water partition coefficient (Wildman–Crippen LogP) is 0.675. The molecule has 0 saturated heterocycles. The number of carboxylic acids is 1. The third kappa shape index (κ3) is 12.4. The second-order valence-corrected chi connectivity index (χ2v) is 5.67.